The third-order valence-corrected chi connectivity index (χ3v) is 1.08. The van der Waals surface area contributed by atoms with E-state index in [4.69, 9.17) is 9.47 Å². The van der Waals surface area contributed by atoms with Crippen molar-refractivity contribution in [2.45, 2.75) is 0 Å². The molecule has 0 saturated carbocycles. The maximum absolute atomic E-state index is 5.08. The highest BCUT2D eigenvalue weighted by atomic mass is 17.5. The Bertz CT molecular complexity index is 133. The van der Waals surface area contributed by atoms with Crippen LogP contribution in [0.3, 0.4) is 0 Å². The lowest BCUT2D eigenvalue weighted by molar-refractivity contribution is -0.490. The zero-order valence-corrected chi connectivity index (χ0v) is 6.24. The summed E-state index contributed by atoms with van der Waals surface area (Å²) in [6, 6.07) is 0. The van der Waals surface area contributed by atoms with E-state index in [1.165, 1.54) is 13.4 Å². The van der Waals surface area contributed by atoms with Gasteiger partial charge in [0.1, 0.15) is 13.2 Å². The fraction of sp³-hybridized carbons (Fsp3) is 0.667. The van der Waals surface area contributed by atoms with E-state index >= 15 is 0 Å². The van der Waals surface area contributed by atoms with Crippen LogP contribution >= 0.6 is 0 Å². The van der Waals surface area contributed by atoms with E-state index < -0.39 is 0 Å². The number of hydrogen-bond acceptors (Lipinski definition) is 5. The average molecular weight is 162 g/mol. The second-order valence-corrected chi connectivity index (χ2v) is 1.83. The molecule has 0 amide bonds. The van der Waals surface area contributed by atoms with Crippen LogP contribution in [0.25, 0.3) is 0 Å². The van der Waals surface area contributed by atoms with E-state index in [0.29, 0.717) is 25.6 Å². The first-order chi connectivity index (χ1) is 5.43. The molecule has 0 radical (unpaired) electrons. The molecule has 0 aromatic carbocycles. The Morgan fingerprint density at radius 2 is 2.36 bits per heavy atom. The van der Waals surface area contributed by atoms with Crippen LogP contribution in [0.2, 0.25) is 0 Å². The molecule has 1 aliphatic rings. The van der Waals surface area contributed by atoms with Gasteiger partial charge in [-0.1, -0.05) is 0 Å². The molecule has 0 aliphatic carbocycles. The maximum Gasteiger partial charge on any atom is 0.172 e. The highest BCUT2D eigenvalue weighted by molar-refractivity contribution is 4.86. The molecule has 0 atom stereocenters. The summed E-state index contributed by atoms with van der Waals surface area (Å²) in [7, 11) is 1.53. The summed E-state index contributed by atoms with van der Waals surface area (Å²) in [5, 5.41) is 4.25. The van der Waals surface area contributed by atoms with E-state index in [1.54, 1.807) is 0 Å². The molecule has 0 saturated heterocycles. The van der Waals surface area contributed by atoms with Crippen molar-refractivity contribution < 1.29 is 24.3 Å². The SMILES string of the molecule is CO/C1=C\OOOCCOC1. The molecule has 0 fully saturated rings. The quantitative estimate of drug-likeness (QED) is 0.522. The minimum atomic E-state index is 0.338. The van der Waals surface area contributed by atoms with Crippen LogP contribution in [0.4, 0.5) is 0 Å². The van der Waals surface area contributed by atoms with Crippen molar-refractivity contribution in [1.82, 2.24) is 0 Å². The van der Waals surface area contributed by atoms with Gasteiger partial charge in [0.05, 0.1) is 13.7 Å². The molecular formula is C6H10O5. The fourth-order valence-corrected chi connectivity index (χ4v) is 0.542. The van der Waals surface area contributed by atoms with Crippen molar-refractivity contribution in [2.75, 3.05) is 26.9 Å². The monoisotopic (exact) mass is 162 g/mol. The predicted octanol–water partition coefficient (Wildman–Crippen LogP) is 0.384. The van der Waals surface area contributed by atoms with Gasteiger partial charge in [0.15, 0.2) is 12.0 Å². The smallest absolute Gasteiger partial charge is 0.172 e. The van der Waals surface area contributed by atoms with Crippen LogP contribution < -0.4 is 0 Å². The van der Waals surface area contributed by atoms with Gasteiger partial charge in [-0.2, -0.15) is 4.89 Å². The lowest BCUT2D eigenvalue weighted by Crippen LogP contribution is -2.04. The maximum atomic E-state index is 5.08. The van der Waals surface area contributed by atoms with E-state index in [0.717, 1.165) is 0 Å². The third-order valence-electron chi connectivity index (χ3n) is 1.08. The van der Waals surface area contributed by atoms with Gasteiger partial charge in [0, 0.05) is 0 Å². The minimum Gasteiger partial charge on any atom is -0.495 e. The zero-order chi connectivity index (χ0) is 7.94. The van der Waals surface area contributed by atoms with E-state index in [9.17, 15) is 0 Å². The highest BCUT2D eigenvalue weighted by Crippen LogP contribution is 1.99. The summed E-state index contributed by atoms with van der Waals surface area (Å²) in [5.74, 6) is 0.551. The van der Waals surface area contributed by atoms with Crippen molar-refractivity contribution >= 4 is 0 Å². The van der Waals surface area contributed by atoms with Gasteiger partial charge < -0.3 is 14.4 Å². The van der Waals surface area contributed by atoms with E-state index in [1.807, 2.05) is 0 Å². The van der Waals surface area contributed by atoms with Crippen LogP contribution in [0.1, 0.15) is 0 Å². The lowest BCUT2D eigenvalue weighted by Gasteiger charge is -2.02. The van der Waals surface area contributed by atoms with Crippen molar-refractivity contribution in [2.24, 2.45) is 0 Å². The summed E-state index contributed by atoms with van der Waals surface area (Å²) in [4.78, 5) is 8.97. The Morgan fingerprint density at radius 3 is 3.18 bits per heavy atom. The summed E-state index contributed by atoms with van der Waals surface area (Å²) in [5.41, 5.74) is 0. The molecule has 5 heteroatoms. The first kappa shape index (κ1) is 8.32. The molecule has 1 aliphatic heterocycles. The van der Waals surface area contributed by atoms with Crippen molar-refractivity contribution in [1.29, 1.82) is 0 Å². The van der Waals surface area contributed by atoms with E-state index in [-0.39, 0.29) is 0 Å². The summed E-state index contributed by atoms with van der Waals surface area (Å²) >= 11 is 0. The second-order valence-electron chi connectivity index (χ2n) is 1.83. The van der Waals surface area contributed by atoms with E-state index in [2.05, 4.69) is 14.8 Å². The molecule has 64 valence electrons. The summed E-state index contributed by atoms with van der Waals surface area (Å²) in [6.45, 7) is 1.15. The molecule has 0 aromatic rings. The summed E-state index contributed by atoms with van der Waals surface area (Å²) in [6.07, 6.45) is 1.28. The van der Waals surface area contributed by atoms with Gasteiger partial charge in [0.2, 0.25) is 0 Å². The lowest BCUT2D eigenvalue weighted by atomic mass is 10.6. The zero-order valence-electron chi connectivity index (χ0n) is 6.24. The Balaban J connectivity index is 2.34. The van der Waals surface area contributed by atoms with Gasteiger partial charge in [-0.05, 0) is 5.04 Å². The average Bonchev–Trinajstić information content (AvgIpc) is 2.16. The molecule has 0 spiro atoms. The molecule has 5 nitrogen and oxygen atoms in total. The van der Waals surface area contributed by atoms with Crippen molar-refractivity contribution in [3.63, 3.8) is 0 Å². The topological polar surface area (TPSA) is 46.2 Å². The standard InChI is InChI=1S/C6H10O5/c1-7-6-4-8-2-3-9-11-10-5-6/h5H,2-4H2,1H3/b6-5-. The van der Waals surface area contributed by atoms with Gasteiger partial charge in [0.25, 0.3) is 0 Å². The van der Waals surface area contributed by atoms with Crippen LogP contribution in [-0.2, 0) is 24.3 Å². The Morgan fingerprint density at radius 1 is 1.45 bits per heavy atom. The first-order valence-corrected chi connectivity index (χ1v) is 3.19. The molecule has 0 N–H and O–H groups in total. The largest absolute Gasteiger partial charge is 0.495 e. The number of hydrogen-bond donors (Lipinski definition) is 0. The molecule has 1 rings (SSSR count). The van der Waals surface area contributed by atoms with Crippen LogP contribution in [-0.4, -0.2) is 26.9 Å². The fourth-order valence-electron chi connectivity index (χ4n) is 0.542. The van der Waals surface area contributed by atoms with Crippen LogP contribution in [0.15, 0.2) is 12.0 Å². The second kappa shape index (κ2) is 4.95. The molecular weight excluding hydrogens is 152 g/mol. The number of methoxy groups -OCH3 is 1. The van der Waals surface area contributed by atoms with Crippen LogP contribution in [0, 0.1) is 0 Å². The predicted molar refractivity (Wildman–Crippen MR) is 34.0 cm³/mol. The molecule has 0 bridgehead atoms. The number of ether oxygens (including phenoxy) is 2. The van der Waals surface area contributed by atoms with Gasteiger partial charge in [-0.3, -0.25) is 0 Å². The first-order valence-electron chi connectivity index (χ1n) is 3.19. The summed E-state index contributed by atoms with van der Waals surface area (Å²) < 4.78 is 9.94. The highest BCUT2D eigenvalue weighted by Gasteiger charge is 2.01. The normalized spacial score (nSPS) is 25.0. The van der Waals surface area contributed by atoms with Crippen molar-refractivity contribution in [3.8, 4) is 0 Å². The Kier molecular flexibility index (Phi) is 3.74. The number of rotatable bonds is 1. The minimum absolute atomic E-state index is 0.338. The third kappa shape index (κ3) is 3.22. The Labute approximate surface area is 64.3 Å². The molecule has 11 heavy (non-hydrogen) atoms. The van der Waals surface area contributed by atoms with Gasteiger partial charge in [-0.15, -0.1) is 0 Å². The van der Waals surface area contributed by atoms with Gasteiger partial charge >= 0.3 is 0 Å². The molecule has 0 aromatic heterocycles. The Hall–Kier alpha value is -0.780. The van der Waals surface area contributed by atoms with Crippen molar-refractivity contribution in [3.05, 3.63) is 12.0 Å². The molecule has 1 heterocycles. The van der Waals surface area contributed by atoms with Crippen LogP contribution in [0.5, 0.6) is 0 Å². The molecule has 0 unspecified atom stereocenters. The van der Waals surface area contributed by atoms with Gasteiger partial charge in [-0.25, -0.2) is 0 Å².